The molecule has 0 aliphatic carbocycles. The van der Waals surface area contributed by atoms with Crippen LogP contribution in [0.15, 0.2) is 22.7 Å². The van der Waals surface area contributed by atoms with Gasteiger partial charge in [0.1, 0.15) is 10.8 Å². The molecular formula is C14H16BrFN2S. The largest absolute Gasteiger partial charge is 0.312 e. The van der Waals surface area contributed by atoms with E-state index in [2.05, 4.69) is 40.1 Å². The van der Waals surface area contributed by atoms with Crippen LogP contribution in [0.2, 0.25) is 0 Å². The van der Waals surface area contributed by atoms with Gasteiger partial charge in [-0.25, -0.2) is 9.37 Å². The number of aromatic nitrogens is 1. The van der Waals surface area contributed by atoms with Gasteiger partial charge in [0.15, 0.2) is 0 Å². The number of hydrogen-bond acceptors (Lipinski definition) is 3. The second-order valence-corrected chi connectivity index (χ2v) is 6.09. The summed E-state index contributed by atoms with van der Waals surface area (Å²) in [4.78, 5) is 5.92. The lowest BCUT2D eigenvalue weighted by Crippen LogP contribution is -2.11. The van der Waals surface area contributed by atoms with Crippen molar-refractivity contribution < 1.29 is 4.39 Å². The Morgan fingerprint density at radius 1 is 1.37 bits per heavy atom. The number of nitrogens with zero attached hydrogens (tertiary/aromatic N) is 1. The minimum Gasteiger partial charge on any atom is -0.312 e. The molecule has 0 fully saturated rings. The van der Waals surface area contributed by atoms with E-state index in [9.17, 15) is 4.39 Å². The van der Waals surface area contributed by atoms with Gasteiger partial charge in [0.2, 0.25) is 0 Å². The highest BCUT2D eigenvalue weighted by atomic mass is 79.9. The summed E-state index contributed by atoms with van der Waals surface area (Å²) >= 11 is 4.89. The van der Waals surface area contributed by atoms with Gasteiger partial charge in [-0.3, -0.25) is 0 Å². The number of halogens is 2. The fourth-order valence-electron chi connectivity index (χ4n) is 1.79. The van der Waals surface area contributed by atoms with Crippen molar-refractivity contribution in [3.8, 4) is 10.6 Å². The van der Waals surface area contributed by atoms with E-state index < -0.39 is 0 Å². The molecule has 0 bridgehead atoms. The molecule has 1 N–H and O–H groups in total. The maximum atomic E-state index is 13.3. The molecule has 0 saturated carbocycles. The number of benzene rings is 1. The van der Waals surface area contributed by atoms with Crippen molar-refractivity contribution in [2.24, 2.45) is 0 Å². The lowest BCUT2D eigenvalue weighted by atomic mass is 10.2. The maximum absolute atomic E-state index is 13.3. The first-order chi connectivity index (χ1) is 9.15. The molecule has 0 aliphatic rings. The molecule has 2 rings (SSSR count). The predicted molar refractivity (Wildman–Crippen MR) is 82.0 cm³/mol. The van der Waals surface area contributed by atoms with Gasteiger partial charge < -0.3 is 5.32 Å². The zero-order valence-electron chi connectivity index (χ0n) is 11.0. The highest BCUT2D eigenvalue weighted by Crippen LogP contribution is 2.31. The second-order valence-electron chi connectivity index (χ2n) is 4.15. The summed E-state index contributed by atoms with van der Waals surface area (Å²) in [5.74, 6) is -0.246. The van der Waals surface area contributed by atoms with Crippen LogP contribution >= 0.6 is 27.3 Å². The summed E-state index contributed by atoms with van der Waals surface area (Å²) < 4.78 is 13.7. The van der Waals surface area contributed by atoms with Crippen LogP contribution in [0, 0.1) is 5.82 Å². The molecule has 102 valence electrons. The summed E-state index contributed by atoms with van der Waals surface area (Å²) in [6.07, 6.45) is 0.916. The molecule has 0 radical (unpaired) electrons. The number of aryl methyl sites for hydroxylation is 1. The topological polar surface area (TPSA) is 24.9 Å². The van der Waals surface area contributed by atoms with Crippen LogP contribution in [0.4, 0.5) is 4.39 Å². The van der Waals surface area contributed by atoms with E-state index in [1.165, 1.54) is 10.9 Å². The molecule has 2 aromatic rings. The Morgan fingerprint density at radius 3 is 2.79 bits per heavy atom. The predicted octanol–water partition coefficient (Wildman–Crippen LogP) is 4.38. The summed E-state index contributed by atoms with van der Waals surface area (Å²) in [6.45, 7) is 5.98. The number of nitrogens with one attached hydrogen (secondary N) is 1. The minimum atomic E-state index is -0.246. The average Bonchev–Trinajstić information content (AvgIpc) is 2.82. The maximum Gasteiger partial charge on any atom is 0.137 e. The van der Waals surface area contributed by atoms with Gasteiger partial charge in [-0.15, -0.1) is 11.3 Å². The van der Waals surface area contributed by atoms with E-state index in [0.29, 0.717) is 4.47 Å². The summed E-state index contributed by atoms with van der Waals surface area (Å²) in [5, 5.41) is 4.28. The molecule has 1 heterocycles. The molecule has 0 amide bonds. The van der Waals surface area contributed by atoms with E-state index in [1.807, 2.05) is 0 Å². The lowest BCUT2D eigenvalue weighted by molar-refractivity contribution is 0.621. The molecule has 2 nitrogen and oxygen atoms in total. The first-order valence-electron chi connectivity index (χ1n) is 6.30. The van der Waals surface area contributed by atoms with Crippen molar-refractivity contribution in [1.82, 2.24) is 10.3 Å². The van der Waals surface area contributed by atoms with Crippen molar-refractivity contribution in [2.75, 3.05) is 6.54 Å². The van der Waals surface area contributed by atoms with Crippen molar-refractivity contribution >= 4 is 27.3 Å². The van der Waals surface area contributed by atoms with Gasteiger partial charge in [-0.05, 0) is 47.1 Å². The summed E-state index contributed by atoms with van der Waals surface area (Å²) in [7, 11) is 0. The van der Waals surface area contributed by atoms with Gasteiger partial charge >= 0.3 is 0 Å². The van der Waals surface area contributed by atoms with Crippen LogP contribution in [0.25, 0.3) is 10.6 Å². The third-order valence-electron chi connectivity index (χ3n) is 2.82. The summed E-state index contributed by atoms with van der Waals surface area (Å²) in [6, 6.07) is 5.02. The van der Waals surface area contributed by atoms with Crippen LogP contribution in [0.5, 0.6) is 0 Å². The fraction of sp³-hybridized carbons (Fsp3) is 0.357. The van der Waals surface area contributed by atoms with Gasteiger partial charge in [-0.2, -0.15) is 0 Å². The Labute approximate surface area is 125 Å². The smallest absolute Gasteiger partial charge is 0.137 e. The Balaban J connectivity index is 2.33. The highest BCUT2D eigenvalue weighted by molar-refractivity contribution is 9.10. The Bertz CT molecular complexity index is 569. The molecule has 1 aromatic heterocycles. The number of hydrogen-bond donors (Lipinski definition) is 1. The lowest BCUT2D eigenvalue weighted by Gasteiger charge is -1.99. The van der Waals surface area contributed by atoms with Crippen molar-refractivity contribution in [1.29, 1.82) is 0 Å². The number of thiazole rings is 1. The number of rotatable bonds is 5. The van der Waals surface area contributed by atoms with Crippen molar-refractivity contribution in [3.63, 3.8) is 0 Å². The molecule has 19 heavy (non-hydrogen) atoms. The quantitative estimate of drug-likeness (QED) is 0.871. The van der Waals surface area contributed by atoms with E-state index >= 15 is 0 Å². The van der Waals surface area contributed by atoms with E-state index in [4.69, 9.17) is 0 Å². The zero-order chi connectivity index (χ0) is 13.8. The first kappa shape index (κ1) is 14.6. The van der Waals surface area contributed by atoms with Crippen molar-refractivity contribution in [3.05, 3.63) is 39.1 Å². The molecule has 0 unspecified atom stereocenters. The molecule has 0 aliphatic heterocycles. The zero-order valence-corrected chi connectivity index (χ0v) is 13.4. The highest BCUT2D eigenvalue weighted by Gasteiger charge is 2.12. The molecule has 5 heteroatoms. The second kappa shape index (κ2) is 6.59. The summed E-state index contributed by atoms with van der Waals surface area (Å²) in [5.41, 5.74) is 2.08. The molecule has 0 atom stereocenters. The van der Waals surface area contributed by atoms with Gasteiger partial charge in [0.25, 0.3) is 0 Å². The van der Waals surface area contributed by atoms with Crippen LogP contribution in [0.3, 0.4) is 0 Å². The molecule has 1 aromatic carbocycles. The third-order valence-corrected chi connectivity index (χ3v) is 4.57. The fourth-order valence-corrected chi connectivity index (χ4v) is 3.28. The first-order valence-corrected chi connectivity index (χ1v) is 7.91. The van der Waals surface area contributed by atoms with Gasteiger partial charge in [0.05, 0.1) is 10.2 Å². The minimum absolute atomic E-state index is 0.246. The van der Waals surface area contributed by atoms with Crippen LogP contribution in [0.1, 0.15) is 24.4 Å². The standard InChI is InChI=1S/C14H16BrFN2S/c1-3-12-13(8-17-4-2)19-14(18-12)9-5-6-11(16)10(15)7-9/h5-7,17H,3-4,8H2,1-2H3. The Hall–Kier alpha value is -0.780. The van der Waals surface area contributed by atoms with Gasteiger partial charge in [-0.1, -0.05) is 13.8 Å². The van der Waals surface area contributed by atoms with Crippen LogP contribution in [-0.2, 0) is 13.0 Å². The molecule has 0 spiro atoms. The van der Waals surface area contributed by atoms with E-state index in [0.717, 1.165) is 35.8 Å². The average molecular weight is 343 g/mol. The Morgan fingerprint density at radius 2 is 2.16 bits per heavy atom. The normalized spacial score (nSPS) is 10.9. The van der Waals surface area contributed by atoms with Gasteiger partial charge in [0, 0.05) is 17.0 Å². The monoisotopic (exact) mass is 342 g/mol. The van der Waals surface area contributed by atoms with E-state index in [1.54, 1.807) is 23.5 Å². The van der Waals surface area contributed by atoms with Crippen LogP contribution in [-0.4, -0.2) is 11.5 Å². The Kier molecular flexibility index (Phi) is 5.07. The van der Waals surface area contributed by atoms with Crippen molar-refractivity contribution in [2.45, 2.75) is 26.8 Å². The molecular weight excluding hydrogens is 327 g/mol. The SMILES string of the molecule is CCNCc1sc(-c2ccc(F)c(Br)c2)nc1CC. The van der Waals surface area contributed by atoms with E-state index in [-0.39, 0.29) is 5.82 Å². The third kappa shape index (κ3) is 3.41. The van der Waals surface area contributed by atoms with Crippen LogP contribution < -0.4 is 5.32 Å². The molecule has 0 saturated heterocycles.